The lowest BCUT2D eigenvalue weighted by Gasteiger charge is -2.25. The van der Waals surface area contributed by atoms with Crippen molar-refractivity contribution in [1.29, 1.82) is 0 Å². The number of hydrogen-bond donors (Lipinski definition) is 2. The van der Waals surface area contributed by atoms with Crippen molar-refractivity contribution in [3.05, 3.63) is 61.5 Å². The quantitative estimate of drug-likeness (QED) is 0.845. The summed E-state index contributed by atoms with van der Waals surface area (Å²) < 4.78 is 13.4. The first kappa shape index (κ1) is 17.6. The minimum atomic E-state index is -1.10. The van der Waals surface area contributed by atoms with Gasteiger partial charge < -0.3 is 10.4 Å². The molecule has 8 heteroatoms. The lowest BCUT2D eigenvalue weighted by atomic mass is 9.96. The monoisotopic (exact) mass is 379 g/mol. The van der Waals surface area contributed by atoms with E-state index in [0.29, 0.717) is 17.1 Å². The molecule has 25 heavy (non-hydrogen) atoms. The van der Waals surface area contributed by atoms with E-state index in [1.54, 1.807) is 6.92 Å². The Balaban J connectivity index is 2.17. The minimum absolute atomic E-state index is 0.0798. The average molecular weight is 380 g/mol. The Morgan fingerprint density at radius 1 is 1.36 bits per heavy atom. The Hall–Kier alpha value is -2.25. The highest BCUT2D eigenvalue weighted by molar-refractivity contribution is 7.13. The molecule has 0 bridgehead atoms. The molecule has 0 saturated carbocycles. The summed E-state index contributed by atoms with van der Waals surface area (Å²) >= 11 is 7.62. The fourth-order valence-corrected chi connectivity index (χ4v) is 3.91. The molecule has 130 valence electrons. The maximum atomic E-state index is 13.4. The van der Waals surface area contributed by atoms with Crippen molar-refractivity contribution in [2.45, 2.75) is 26.8 Å². The number of carboxylic acid groups (broad SMARTS) is 1. The zero-order valence-electron chi connectivity index (χ0n) is 13.7. The third kappa shape index (κ3) is 3.29. The number of hydrogen-bond acceptors (Lipinski definition) is 5. The first-order valence-corrected chi connectivity index (χ1v) is 8.65. The molecule has 2 N–H and O–H groups in total. The summed E-state index contributed by atoms with van der Waals surface area (Å²) in [5.74, 6) is -1.05. The Morgan fingerprint density at radius 3 is 2.64 bits per heavy atom. The number of aromatic nitrogens is 1. The maximum absolute atomic E-state index is 13.4. The molecule has 2 heterocycles. The standard InChI is InChI=1S/C17H15ClFN3O2S/c1-7-13(17(23)24)14(11-5-4-10(19)6-12(11)18)22-16(21-7)15-8(2)20-9(3)25-15/h4-6,14H,1-3H3,(H,21,22)(H,23,24). The van der Waals surface area contributed by atoms with Gasteiger partial charge in [-0.1, -0.05) is 17.7 Å². The van der Waals surface area contributed by atoms with Crippen molar-refractivity contribution in [1.82, 2.24) is 10.3 Å². The topological polar surface area (TPSA) is 74.6 Å². The van der Waals surface area contributed by atoms with Gasteiger partial charge in [0, 0.05) is 16.3 Å². The summed E-state index contributed by atoms with van der Waals surface area (Å²) in [5, 5.41) is 13.7. The van der Waals surface area contributed by atoms with Crippen molar-refractivity contribution in [2.24, 2.45) is 4.99 Å². The Morgan fingerprint density at radius 2 is 2.08 bits per heavy atom. The van der Waals surface area contributed by atoms with E-state index in [9.17, 15) is 14.3 Å². The van der Waals surface area contributed by atoms with E-state index in [1.807, 2.05) is 13.8 Å². The van der Waals surface area contributed by atoms with Gasteiger partial charge >= 0.3 is 5.97 Å². The molecule has 5 nitrogen and oxygen atoms in total. The van der Waals surface area contributed by atoms with Gasteiger partial charge in [-0.15, -0.1) is 11.3 Å². The van der Waals surface area contributed by atoms with Crippen LogP contribution in [0.5, 0.6) is 0 Å². The highest BCUT2D eigenvalue weighted by Crippen LogP contribution is 2.36. The fourth-order valence-electron chi connectivity index (χ4n) is 2.77. The summed E-state index contributed by atoms with van der Waals surface area (Å²) in [6, 6.07) is 3.04. The van der Waals surface area contributed by atoms with E-state index < -0.39 is 17.8 Å². The lowest BCUT2D eigenvalue weighted by molar-refractivity contribution is -0.133. The van der Waals surface area contributed by atoms with Crippen molar-refractivity contribution >= 4 is 34.7 Å². The molecule has 1 aliphatic rings. The van der Waals surface area contributed by atoms with Crippen LogP contribution in [0.15, 0.2) is 34.5 Å². The number of thiazole rings is 1. The number of allylic oxidation sites excluding steroid dienone is 1. The highest BCUT2D eigenvalue weighted by atomic mass is 35.5. The molecule has 3 rings (SSSR count). The second kappa shape index (κ2) is 6.57. The smallest absolute Gasteiger partial charge is 0.335 e. The molecule has 2 aromatic rings. The molecule has 0 aliphatic carbocycles. The second-order valence-electron chi connectivity index (χ2n) is 5.66. The van der Waals surface area contributed by atoms with Crippen molar-refractivity contribution < 1.29 is 14.3 Å². The molecule has 1 unspecified atom stereocenters. The van der Waals surface area contributed by atoms with Crippen LogP contribution >= 0.6 is 22.9 Å². The van der Waals surface area contributed by atoms with Gasteiger partial charge in [-0.05, 0) is 32.9 Å². The van der Waals surface area contributed by atoms with Gasteiger partial charge in [0.25, 0.3) is 0 Å². The number of benzene rings is 1. The van der Waals surface area contributed by atoms with Crippen LogP contribution in [-0.4, -0.2) is 21.9 Å². The third-order valence-electron chi connectivity index (χ3n) is 3.85. The summed E-state index contributed by atoms with van der Waals surface area (Å²) in [6.45, 7) is 5.44. The molecule has 0 radical (unpaired) electrons. The van der Waals surface area contributed by atoms with Gasteiger partial charge in [0.15, 0.2) is 0 Å². The van der Waals surface area contributed by atoms with Gasteiger partial charge in [-0.3, -0.25) is 4.99 Å². The number of carboxylic acids is 1. The molecule has 1 aromatic heterocycles. The van der Waals surface area contributed by atoms with Crippen LogP contribution in [0.1, 0.15) is 34.1 Å². The minimum Gasteiger partial charge on any atom is -0.478 e. The number of aryl methyl sites for hydroxylation is 2. The zero-order valence-corrected chi connectivity index (χ0v) is 15.3. The Kier molecular flexibility index (Phi) is 4.62. The SMILES string of the molecule is CC1=C(C(=O)O)C(c2ccc(F)cc2Cl)N=C(c2sc(C)nc2C)N1. The molecule has 0 amide bonds. The van der Waals surface area contributed by atoms with E-state index in [-0.39, 0.29) is 10.6 Å². The number of aliphatic imine (C=N–C) groups is 1. The molecule has 0 spiro atoms. The van der Waals surface area contributed by atoms with E-state index in [1.165, 1.54) is 23.5 Å². The predicted molar refractivity (Wildman–Crippen MR) is 95.7 cm³/mol. The summed E-state index contributed by atoms with van der Waals surface area (Å²) in [4.78, 5) is 21.5. The molecule has 1 aromatic carbocycles. The Bertz CT molecular complexity index is 936. The summed E-state index contributed by atoms with van der Waals surface area (Å²) in [6.07, 6.45) is 0. The zero-order chi connectivity index (χ0) is 18.3. The van der Waals surface area contributed by atoms with Crippen LogP contribution in [-0.2, 0) is 4.79 Å². The summed E-state index contributed by atoms with van der Waals surface area (Å²) in [5.41, 5.74) is 1.80. The predicted octanol–water partition coefficient (Wildman–Crippen LogP) is 4.00. The second-order valence-corrected chi connectivity index (χ2v) is 7.27. The van der Waals surface area contributed by atoms with Crippen LogP contribution in [0.2, 0.25) is 5.02 Å². The van der Waals surface area contributed by atoms with Gasteiger partial charge in [0.2, 0.25) is 0 Å². The largest absolute Gasteiger partial charge is 0.478 e. The summed E-state index contributed by atoms with van der Waals surface area (Å²) in [7, 11) is 0. The number of carbonyl (C=O) groups is 1. The molecular weight excluding hydrogens is 365 g/mol. The number of amidine groups is 1. The maximum Gasteiger partial charge on any atom is 0.335 e. The highest BCUT2D eigenvalue weighted by Gasteiger charge is 2.31. The molecule has 0 saturated heterocycles. The van der Waals surface area contributed by atoms with Crippen molar-refractivity contribution in [3.8, 4) is 0 Å². The normalized spacial score (nSPS) is 17.3. The van der Waals surface area contributed by atoms with E-state index in [2.05, 4.69) is 15.3 Å². The first-order valence-electron chi connectivity index (χ1n) is 7.46. The van der Waals surface area contributed by atoms with Gasteiger partial charge in [0.05, 0.1) is 21.2 Å². The van der Waals surface area contributed by atoms with Crippen LogP contribution in [0.25, 0.3) is 0 Å². The number of aliphatic carboxylic acids is 1. The molecular formula is C17H15ClFN3O2S. The van der Waals surface area contributed by atoms with Crippen molar-refractivity contribution in [3.63, 3.8) is 0 Å². The number of nitrogens with zero attached hydrogens (tertiary/aromatic N) is 2. The fraction of sp³-hybridized carbons (Fsp3) is 0.235. The van der Waals surface area contributed by atoms with Crippen molar-refractivity contribution in [2.75, 3.05) is 0 Å². The van der Waals surface area contributed by atoms with Crippen LogP contribution in [0, 0.1) is 19.7 Å². The number of nitrogens with one attached hydrogen (secondary N) is 1. The van der Waals surface area contributed by atoms with Gasteiger partial charge in [-0.25, -0.2) is 14.2 Å². The van der Waals surface area contributed by atoms with E-state index in [0.717, 1.165) is 21.6 Å². The van der Waals surface area contributed by atoms with E-state index in [4.69, 9.17) is 11.6 Å². The molecule has 1 atom stereocenters. The third-order valence-corrected chi connectivity index (χ3v) is 5.25. The van der Waals surface area contributed by atoms with Crippen LogP contribution in [0.3, 0.4) is 0 Å². The van der Waals surface area contributed by atoms with Crippen LogP contribution < -0.4 is 5.32 Å². The first-order chi connectivity index (χ1) is 11.8. The number of halogens is 2. The lowest BCUT2D eigenvalue weighted by Crippen LogP contribution is -2.32. The van der Waals surface area contributed by atoms with E-state index >= 15 is 0 Å². The Labute approximate surface area is 152 Å². The number of rotatable bonds is 3. The average Bonchev–Trinajstić information content (AvgIpc) is 2.84. The van der Waals surface area contributed by atoms with Gasteiger partial charge in [-0.2, -0.15) is 0 Å². The van der Waals surface area contributed by atoms with Gasteiger partial charge in [0.1, 0.15) is 17.7 Å². The van der Waals surface area contributed by atoms with Crippen LogP contribution in [0.4, 0.5) is 4.39 Å². The molecule has 0 fully saturated rings. The molecule has 1 aliphatic heterocycles.